The van der Waals surface area contributed by atoms with E-state index in [1.165, 1.54) is 71.3 Å². The average molecular weight is 495 g/mol. The Bertz CT molecular complexity index is 2240. The van der Waals surface area contributed by atoms with Gasteiger partial charge in [-0.3, -0.25) is 4.98 Å². The maximum absolute atomic E-state index is 4.38. The third-order valence-electron chi connectivity index (χ3n) is 8.40. The van der Waals surface area contributed by atoms with E-state index < -0.39 is 0 Å². The molecule has 1 aliphatic carbocycles. The molecule has 0 atom stereocenters. The summed E-state index contributed by atoms with van der Waals surface area (Å²) >= 11 is 0. The third-order valence-corrected chi connectivity index (χ3v) is 8.40. The van der Waals surface area contributed by atoms with Crippen LogP contribution in [0, 0.1) is 0 Å². The van der Waals surface area contributed by atoms with Crippen molar-refractivity contribution in [1.82, 2.24) is 9.55 Å². The van der Waals surface area contributed by atoms with Crippen LogP contribution in [0.2, 0.25) is 0 Å². The fraction of sp³-hybridized carbons (Fsp3) is 0. The second kappa shape index (κ2) is 7.66. The van der Waals surface area contributed by atoms with Gasteiger partial charge in [0.05, 0.1) is 11.0 Å². The van der Waals surface area contributed by atoms with E-state index >= 15 is 0 Å². The number of fused-ring (bicyclic) bond motifs is 7. The summed E-state index contributed by atoms with van der Waals surface area (Å²) in [5.74, 6) is 0. The van der Waals surface area contributed by atoms with Crippen molar-refractivity contribution in [2.75, 3.05) is 0 Å². The molecule has 2 heterocycles. The van der Waals surface area contributed by atoms with E-state index in [4.69, 9.17) is 0 Å². The lowest BCUT2D eigenvalue weighted by Crippen LogP contribution is -1.93. The number of hydrogen-bond acceptors (Lipinski definition) is 1. The fourth-order valence-electron chi connectivity index (χ4n) is 6.68. The van der Waals surface area contributed by atoms with Crippen LogP contribution in [-0.2, 0) is 0 Å². The minimum absolute atomic E-state index is 1.15. The smallest absolute Gasteiger partial charge is 0.0548 e. The van der Waals surface area contributed by atoms with Gasteiger partial charge in [-0.25, -0.2) is 0 Å². The number of benzene rings is 6. The Morgan fingerprint density at radius 1 is 0.462 bits per heavy atom. The highest BCUT2D eigenvalue weighted by molar-refractivity contribution is 6.20. The quantitative estimate of drug-likeness (QED) is 0.234. The summed E-state index contributed by atoms with van der Waals surface area (Å²) < 4.78 is 2.38. The van der Waals surface area contributed by atoms with Crippen molar-refractivity contribution in [3.8, 4) is 39.1 Å². The lowest BCUT2D eigenvalue weighted by Gasteiger charge is -2.11. The molecule has 0 saturated carbocycles. The maximum Gasteiger partial charge on any atom is 0.0548 e. The Morgan fingerprint density at radius 3 is 2.08 bits per heavy atom. The van der Waals surface area contributed by atoms with Gasteiger partial charge in [0.2, 0.25) is 0 Å². The summed E-state index contributed by atoms with van der Waals surface area (Å²) in [4.78, 5) is 4.38. The molecular formula is C37H22N2. The van der Waals surface area contributed by atoms with E-state index in [1.54, 1.807) is 0 Å². The number of rotatable bonds is 2. The Balaban J connectivity index is 1.35. The van der Waals surface area contributed by atoms with Crippen LogP contribution >= 0.6 is 0 Å². The molecule has 2 aromatic heterocycles. The van der Waals surface area contributed by atoms with Gasteiger partial charge in [0.25, 0.3) is 0 Å². The molecule has 0 fully saturated rings. The molecule has 0 aliphatic heterocycles. The first-order valence-electron chi connectivity index (χ1n) is 13.4. The van der Waals surface area contributed by atoms with E-state index in [1.807, 2.05) is 12.4 Å². The molecule has 2 nitrogen and oxygen atoms in total. The molecule has 2 heteroatoms. The van der Waals surface area contributed by atoms with Gasteiger partial charge in [-0.2, -0.15) is 0 Å². The van der Waals surface area contributed by atoms with Crippen molar-refractivity contribution in [2.24, 2.45) is 0 Å². The number of pyridine rings is 1. The Morgan fingerprint density at radius 2 is 1.21 bits per heavy atom. The maximum atomic E-state index is 4.38. The van der Waals surface area contributed by atoms with Crippen LogP contribution in [0.3, 0.4) is 0 Å². The monoisotopic (exact) mass is 494 g/mol. The van der Waals surface area contributed by atoms with Gasteiger partial charge in [-0.1, -0.05) is 78.9 Å². The van der Waals surface area contributed by atoms with Crippen molar-refractivity contribution in [2.45, 2.75) is 0 Å². The van der Waals surface area contributed by atoms with Crippen LogP contribution in [0.25, 0.3) is 82.4 Å². The van der Waals surface area contributed by atoms with Crippen LogP contribution in [0.5, 0.6) is 0 Å². The second-order valence-corrected chi connectivity index (χ2v) is 10.4. The van der Waals surface area contributed by atoms with Crippen LogP contribution in [0.15, 0.2) is 134 Å². The van der Waals surface area contributed by atoms with Gasteiger partial charge >= 0.3 is 0 Å². The Labute approximate surface area is 225 Å². The lowest BCUT2D eigenvalue weighted by atomic mass is 9.93. The molecule has 0 N–H and O–H groups in total. The third kappa shape index (κ3) is 2.83. The van der Waals surface area contributed by atoms with Crippen LogP contribution in [0.4, 0.5) is 0 Å². The normalized spacial score (nSPS) is 12.1. The van der Waals surface area contributed by atoms with Gasteiger partial charge in [0, 0.05) is 34.2 Å². The molecule has 39 heavy (non-hydrogen) atoms. The van der Waals surface area contributed by atoms with E-state index in [0.717, 1.165) is 11.1 Å². The summed E-state index contributed by atoms with van der Waals surface area (Å²) in [6.07, 6.45) is 3.83. The molecule has 8 aromatic rings. The summed E-state index contributed by atoms with van der Waals surface area (Å²) in [5.41, 5.74) is 11.4. The number of nitrogens with zero attached hydrogens (tertiary/aromatic N) is 2. The average Bonchev–Trinajstić information content (AvgIpc) is 3.50. The minimum Gasteiger partial charge on any atom is -0.309 e. The standard InChI is InChI=1S/C37H22N2/c1-2-7-26(8-3-1)39-35-16-13-24(20-33(35)34-19-23-17-18-38-22-25(23)21-36(34)39)27-14-15-32-29-10-5-4-9-28(29)31-12-6-11-30(27)37(31)32/h1-22H. The summed E-state index contributed by atoms with van der Waals surface area (Å²) in [6, 6.07) is 44.4. The number of hydrogen-bond donors (Lipinski definition) is 0. The molecule has 1 aliphatic rings. The van der Waals surface area contributed by atoms with Crippen molar-refractivity contribution in [3.05, 3.63) is 134 Å². The summed E-state index contributed by atoms with van der Waals surface area (Å²) in [5, 5.41) is 7.55. The van der Waals surface area contributed by atoms with Crippen LogP contribution in [-0.4, -0.2) is 9.55 Å². The highest BCUT2D eigenvalue weighted by Gasteiger charge is 2.22. The Hall–Kier alpha value is -5.21. The minimum atomic E-state index is 1.15. The molecular weight excluding hydrogens is 472 g/mol. The molecule has 0 bridgehead atoms. The van der Waals surface area contributed by atoms with Crippen LogP contribution < -0.4 is 0 Å². The first-order valence-corrected chi connectivity index (χ1v) is 13.4. The zero-order chi connectivity index (χ0) is 25.5. The van der Waals surface area contributed by atoms with Gasteiger partial charge in [0.15, 0.2) is 0 Å². The zero-order valence-corrected chi connectivity index (χ0v) is 21.1. The van der Waals surface area contributed by atoms with Crippen LogP contribution in [0.1, 0.15) is 0 Å². The molecule has 6 aromatic carbocycles. The van der Waals surface area contributed by atoms with E-state index in [-0.39, 0.29) is 0 Å². The number of aromatic nitrogens is 2. The van der Waals surface area contributed by atoms with E-state index in [2.05, 4.69) is 131 Å². The SMILES string of the molecule is c1ccc(-n2c3ccc(-c4ccc5c6c(cccc46)-c4ccccc4-5)cc3c3cc4ccncc4cc32)cc1. The fourth-order valence-corrected chi connectivity index (χ4v) is 6.68. The molecule has 0 saturated heterocycles. The number of para-hydroxylation sites is 1. The van der Waals surface area contributed by atoms with E-state index in [0.29, 0.717) is 0 Å². The van der Waals surface area contributed by atoms with Gasteiger partial charge in [-0.05, 0) is 92.0 Å². The Kier molecular flexibility index (Phi) is 4.08. The molecule has 180 valence electrons. The van der Waals surface area contributed by atoms with Crippen molar-refractivity contribution in [1.29, 1.82) is 0 Å². The summed E-state index contributed by atoms with van der Waals surface area (Å²) in [6.45, 7) is 0. The molecule has 0 radical (unpaired) electrons. The summed E-state index contributed by atoms with van der Waals surface area (Å²) in [7, 11) is 0. The van der Waals surface area contributed by atoms with Gasteiger partial charge in [0.1, 0.15) is 0 Å². The molecule has 0 unspecified atom stereocenters. The van der Waals surface area contributed by atoms with Crippen molar-refractivity contribution >= 4 is 43.4 Å². The van der Waals surface area contributed by atoms with Crippen molar-refractivity contribution in [3.63, 3.8) is 0 Å². The second-order valence-electron chi connectivity index (χ2n) is 10.4. The first-order chi connectivity index (χ1) is 19.3. The zero-order valence-electron chi connectivity index (χ0n) is 21.1. The predicted octanol–water partition coefficient (Wildman–Crippen LogP) is 9.80. The largest absolute Gasteiger partial charge is 0.309 e. The highest BCUT2D eigenvalue weighted by atomic mass is 15.0. The van der Waals surface area contributed by atoms with Crippen molar-refractivity contribution < 1.29 is 0 Å². The van der Waals surface area contributed by atoms with Gasteiger partial charge in [-0.15, -0.1) is 0 Å². The topological polar surface area (TPSA) is 17.8 Å². The van der Waals surface area contributed by atoms with Gasteiger partial charge < -0.3 is 4.57 Å². The first kappa shape index (κ1) is 20.8. The van der Waals surface area contributed by atoms with E-state index in [9.17, 15) is 0 Å². The lowest BCUT2D eigenvalue weighted by molar-refractivity contribution is 1.18. The highest BCUT2D eigenvalue weighted by Crippen LogP contribution is 2.49. The molecule has 0 amide bonds. The molecule has 0 spiro atoms. The molecule has 9 rings (SSSR count). The predicted molar refractivity (Wildman–Crippen MR) is 163 cm³/mol.